The third-order valence-electron chi connectivity index (χ3n) is 4.55. The highest BCUT2D eigenvalue weighted by Gasteiger charge is 2.19. The molecule has 144 valence electrons. The number of nitrogens with zero attached hydrogens (tertiary/aromatic N) is 3. The molecule has 0 aliphatic heterocycles. The molecule has 0 saturated heterocycles. The Hall–Kier alpha value is -3.13. The third kappa shape index (κ3) is 3.77. The normalized spacial score (nSPS) is 13.1. The van der Waals surface area contributed by atoms with Crippen molar-refractivity contribution in [2.45, 2.75) is 32.6 Å². The van der Waals surface area contributed by atoms with Gasteiger partial charge in [-0.15, -0.1) is 0 Å². The van der Waals surface area contributed by atoms with Crippen LogP contribution in [0.1, 0.15) is 29.8 Å². The maximum absolute atomic E-state index is 12.4. The van der Waals surface area contributed by atoms with E-state index in [0.717, 1.165) is 36.9 Å². The number of H-pyrrole nitrogens is 1. The Morgan fingerprint density at radius 2 is 1.93 bits per heavy atom. The lowest BCUT2D eigenvalue weighted by molar-refractivity contribution is 0.262. The first-order chi connectivity index (χ1) is 13.5. The summed E-state index contributed by atoms with van der Waals surface area (Å²) in [5, 5.41) is 10.4. The summed E-state index contributed by atoms with van der Waals surface area (Å²) in [5.41, 5.74) is 2.68. The fourth-order valence-corrected chi connectivity index (χ4v) is 3.38. The number of nitrogens with one attached hydrogen (secondary N) is 3. The van der Waals surface area contributed by atoms with E-state index in [0.29, 0.717) is 28.2 Å². The molecule has 3 N–H and O–H groups in total. The zero-order chi connectivity index (χ0) is 19.7. The monoisotopic (exact) mass is 398 g/mol. The van der Waals surface area contributed by atoms with Crippen molar-refractivity contribution in [1.29, 1.82) is 0 Å². The maximum Gasteiger partial charge on any atom is 0.324 e. The van der Waals surface area contributed by atoms with Crippen molar-refractivity contribution in [3.05, 3.63) is 62.7 Å². The molecule has 0 radical (unpaired) electrons. The molecule has 0 fully saturated rings. The maximum atomic E-state index is 12.4. The molecule has 0 saturated carbocycles. The summed E-state index contributed by atoms with van der Waals surface area (Å²) in [7, 11) is 0. The first kappa shape index (κ1) is 18.2. The lowest BCUT2D eigenvalue weighted by atomic mass is 9.97. The number of rotatable bonds is 3. The fourth-order valence-electron chi connectivity index (χ4n) is 3.25. The summed E-state index contributed by atoms with van der Waals surface area (Å²) in [6.07, 6.45) is 3.52. The fraction of sp³-hybridized carbons (Fsp3) is 0.263. The first-order valence-corrected chi connectivity index (χ1v) is 9.40. The topological polar surface area (TPSA) is 105 Å². The molecule has 0 atom stereocenters. The molecule has 0 unspecified atom stereocenters. The van der Waals surface area contributed by atoms with Crippen LogP contribution in [0.5, 0.6) is 0 Å². The number of fused-ring (bicyclic) bond motifs is 1. The number of hydrogen-bond acceptors (Lipinski definition) is 4. The molecule has 28 heavy (non-hydrogen) atoms. The number of carbonyl (C=O) groups excluding carboxylic acids is 1. The summed E-state index contributed by atoms with van der Waals surface area (Å²) < 4.78 is 1.44. The minimum atomic E-state index is -0.441. The van der Waals surface area contributed by atoms with Gasteiger partial charge in [0.2, 0.25) is 5.95 Å². The van der Waals surface area contributed by atoms with Gasteiger partial charge in [-0.3, -0.25) is 15.1 Å². The molecule has 2 aromatic heterocycles. The van der Waals surface area contributed by atoms with E-state index in [1.807, 2.05) is 0 Å². The molecule has 1 aliphatic carbocycles. The summed E-state index contributed by atoms with van der Waals surface area (Å²) in [5.74, 6) is 0.698. The van der Waals surface area contributed by atoms with Gasteiger partial charge in [0, 0.05) is 22.3 Å². The summed E-state index contributed by atoms with van der Waals surface area (Å²) in [6.45, 7) is 1.80. The number of aromatic amines is 1. The van der Waals surface area contributed by atoms with E-state index in [9.17, 15) is 9.59 Å². The molecule has 9 heteroatoms. The molecule has 0 bridgehead atoms. The average Bonchev–Trinajstić information content (AvgIpc) is 3.03. The van der Waals surface area contributed by atoms with Gasteiger partial charge in [0.25, 0.3) is 5.56 Å². The minimum Gasteiger partial charge on any atom is -0.308 e. The number of amides is 2. The van der Waals surface area contributed by atoms with Crippen LogP contribution in [0.15, 0.2) is 35.1 Å². The van der Waals surface area contributed by atoms with Crippen molar-refractivity contribution >= 4 is 29.1 Å². The van der Waals surface area contributed by atoms with E-state index in [1.165, 1.54) is 4.68 Å². The molecular weight excluding hydrogens is 380 g/mol. The van der Waals surface area contributed by atoms with Crippen LogP contribution in [0.3, 0.4) is 0 Å². The lowest BCUT2D eigenvalue weighted by Gasteiger charge is -2.15. The van der Waals surface area contributed by atoms with Gasteiger partial charge in [-0.25, -0.2) is 9.78 Å². The zero-order valence-electron chi connectivity index (χ0n) is 15.3. The zero-order valence-corrected chi connectivity index (χ0v) is 16.0. The van der Waals surface area contributed by atoms with Crippen molar-refractivity contribution < 1.29 is 4.79 Å². The molecule has 1 aliphatic rings. The van der Waals surface area contributed by atoms with E-state index < -0.39 is 6.03 Å². The average molecular weight is 399 g/mol. The number of anilines is 2. The number of halogens is 1. The van der Waals surface area contributed by atoms with Crippen molar-refractivity contribution in [3.63, 3.8) is 0 Å². The van der Waals surface area contributed by atoms with Crippen LogP contribution in [-0.4, -0.2) is 25.8 Å². The van der Waals surface area contributed by atoms with Gasteiger partial charge in [-0.1, -0.05) is 11.6 Å². The van der Waals surface area contributed by atoms with Crippen LogP contribution in [-0.2, 0) is 12.8 Å². The quantitative estimate of drug-likeness (QED) is 0.628. The van der Waals surface area contributed by atoms with Gasteiger partial charge in [0.1, 0.15) is 5.82 Å². The van der Waals surface area contributed by atoms with Gasteiger partial charge in [-0.05, 0) is 56.9 Å². The van der Waals surface area contributed by atoms with Crippen molar-refractivity contribution in [3.8, 4) is 5.95 Å². The smallest absolute Gasteiger partial charge is 0.308 e. The Morgan fingerprint density at radius 1 is 1.18 bits per heavy atom. The van der Waals surface area contributed by atoms with Gasteiger partial charge >= 0.3 is 6.03 Å². The number of aryl methyl sites for hydroxylation is 2. The highest BCUT2D eigenvalue weighted by molar-refractivity contribution is 6.30. The number of urea groups is 1. The molecule has 0 spiro atoms. The van der Waals surface area contributed by atoms with E-state index in [1.54, 1.807) is 37.3 Å². The van der Waals surface area contributed by atoms with Crippen molar-refractivity contribution in [1.82, 2.24) is 19.7 Å². The molecule has 1 aromatic carbocycles. The van der Waals surface area contributed by atoms with Crippen LogP contribution < -0.4 is 16.2 Å². The number of carbonyl (C=O) groups is 1. The van der Waals surface area contributed by atoms with E-state index >= 15 is 0 Å². The third-order valence-corrected chi connectivity index (χ3v) is 4.81. The van der Waals surface area contributed by atoms with Crippen LogP contribution in [0.4, 0.5) is 16.3 Å². The SMILES string of the molecule is Cc1cc(NC(=O)Nc2ccc(Cl)cc2)n(-c2nc3c(c(=O)[nH]2)CCCC3)n1. The van der Waals surface area contributed by atoms with E-state index in [4.69, 9.17) is 11.6 Å². The Morgan fingerprint density at radius 3 is 2.71 bits per heavy atom. The second-order valence-electron chi connectivity index (χ2n) is 6.69. The second-order valence-corrected chi connectivity index (χ2v) is 7.13. The van der Waals surface area contributed by atoms with Crippen molar-refractivity contribution in [2.75, 3.05) is 10.6 Å². The molecule has 4 rings (SSSR count). The summed E-state index contributed by atoms with van der Waals surface area (Å²) >= 11 is 5.86. The van der Waals surface area contributed by atoms with Crippen LogP contribution in [0.25, 0.3) is 5.95 Å². The Kier molecular flexibility index (Phi) is 4.87. The number of benzene rings is 1. The van der Waals surface area contributed by atoms with Crippen LogP contribution in [0, 0.1) is 6.92 Å². The van der Waals surface area contributed by atoms with Gasteiger partial charge in [-0.2, -0.15) is 9.78 Å². The highest BCUT2D eigenvalue weighted by Crippen LogP contribution is 2.19. The van der Waals surface area contributed by atoms with E-state index in [2.05, 4.69) is 25.7 Å². The number of hydrogen-bond donors (Lipinski definition) is 3. The first-order valence-electron chi connectivity index (χ1n) is 9.02. The highest BCUT2D eigenvalue weighted by atomic mass is 35.5. The van der Waals surface area contributed by atoms with Gasteiger partial charge in [0.05, 0.1) is 11.4 Å². The predicted molar refractivity (Wildman–Crippen MR) is 107 cm³/mol. The standard InChI is InChI=1S/C19H19ClN6O2/c1-11-10-16(23-19(28)21-13-8-6-12(20)7-9-13)26(25-11)18-22-15-5-3-2-4-14(15)17(27)24-18/h6-10H,2-5H2,1H3,(H2,21,23,28)(H,22,24,27). The van der Waals surface area contributed by atoms with Crippen LogP contribution in [0.2, 0.25) is 5.02 Å². The number of aromatic nitrogens is 4. The van der Waals surface area contributed by atoms with Gasteiger partial charge < -0.3 is 5.32 Å². The Bertz CT molecular complexity index is 1090. The minimum absolute atomic E-state index is 0.149. The van der Waals surface area contributed by atoms with Crippen LogP contribution >= 0.6 is 11.6 Å². The Balaban J connectivity index is 1.60. The van der Waals surface area contributed by atoms with Crippen molar-refractivity contribution in [2.24, 2.45) is 0 Å². The predicted octanol–water partition coefficient (Wildman–Crippen LogP) is 3.44. The molecule has 8 nitrogen and oxygen atoms in total. The largest absolute Gasteiger partial charge is 0.324 e. The second kappa shape index (κ2) is 7.47. The Labute approximate surface area is 166 Å². The lowest BCUT2D eigenvalue weighted by Crippen LogP contribution is -2.25. The van der Waals surface area contributed by atoms with E-state index in [-0.39, 0.29) is 5.56 Å². The molecular formula is C19H19ClN6O2. The summed E-state index contributed by atoms with van der Waals surface area (Å²) in [6, 6.07) is 8.05. The van der Waals surface area contributed by atoms with Gasteiger partial charge in [0.15, 0.2) is 0 Å². The molecule has 2 heterocycles. The summed E-state index contributed by atoms with van der Waals surface area (Å²) in [4.78, 5) is 32.2. The molecule has 3 aromatic rings. The molecule has 2 amide bonds.